The first-order chi connectivity index (χ1) is 13.9. The van der Waals surface area contributed by atoms with Crippen LogP contribution in [0.2, 0.25) is 0 Å². The first kappa shape index (κ1) is 23.4. The van der Waals surface area contributed by atoms with E-state index in [9.17, 15) is 9.59 Å². The van der Waals surface area contributed by atoms with Crippen LogP contribution in [0.3, 0.4) is 0 Å². The van der Waals surface area contributed by atoms with Crippen molar-refractivity contribution < 1.29 is 9.59 Å². The number of hydrogen-bond acceptors (Lipinski definition) is 2. The van der Waals surface area contributed by atoms with Crippen molar-refractivity contribution in [1.82, 2.24) is 10.2 Å². The van der Waals surface area contributed by atoms with Gasteiger partial charge in [0.05, 0.1) is 0 Å². The van der Waals surface area contributed by atoms with E-state index in [0.29, 0.717) is 12.3 Å². The molecule has 4 atom stereocenters. The highest BCUT2D eigenvalue weighted by Crippen LogP contribution is 2.25. The van der Waals surface area contributed by atoms with Crippen LogP contribution in [0.25, 0.3) is 0 Å². The van der Waals surface area contributed by atoms with Gasteiger partial charge in [0.15, 0.2) is 0 Å². The molecule has 162 valence electrons. The van der Waals surface area contributed by atoms with Gasteiger partial charge in [-0.25, -0.2) is 0 Å². The lowest BCUT2D eigenvalue weighted by atomic mass is 9.97. The lowest BCUT2D eigenvalue weighted by Crippen LogP contribution is -2.41. The van der Waals surface area contributed by atoms with E-state index in [-0.39, 0.29) is 29.8 Å². The molecule has 0 aliphatic carbocycles. The molecule has 0 saturated carbocycles. The van der Waals surface area contributed by atoms with Crippen LogP contribution in [-0.4, -0.2) is 35.3 Å². The van der Waals surface area contributed by atoms with Gasteiger partial charge in [-0.3, -0.25) is 9.59 Å². The second-order valence-electron chi connectivity index (χ2n) is 9.02. The second kappa shape index (κ2) is 12.0. The van der Waals surface area contributed by atoms with E-state index in [2.05, 4.69) is 38.2 Å². The Bertz CT molecular complexity index is 631. The number of likely N-dealkylation sites (tertiary alicyclic amines) is 1. The summed E-state index contributed by atoms with van der Waals surface area (Å²) in [6.07, 6.45) is 7.60. The van der Waals surface area contributed by atoms with Crippen molar-refractivity contribution in [2.45, 2.75) is 91.1 Å². The van der Waals surface area contributed by atoms with Crippen LogP contribution in [0, 0.1) is 11.8 Å². The predicted molar refractivity (Wildman–Crippen MR) is 120 cm³/mol. The number of rotatable bonds is 11. The molecule has 0 radical (unpaired) electrons. The van der Waals surface area contributed by atoms with Gasteiger partial charge in [-0.1, -0.05) is 63.9 Å². The molecule has 0 bridgehead atoms. The molecular weight excluding hydrogens is 360 g/mol. The zero-order valence-corrected chi connectivity index (χ0v) is 18.8. The van der Waals surface area contributed by atoms with Gasteiger partial charge in [-0.15, -0.1) is 0 Å². The Labute approximate surface area is 177 Å². The normalized spacial score (nSPS) is 19.6. The Morgan fingerprint density at radius 1 is 1.17 bits per heavy atom. The number of benzene rings is 1. The Balaban J connectivity index is 1.77. The Morgan fingerprint density at radius 2 is 1.90 bits per heavy atom. The van der Waals surface area contributed by atoms with Crippen LogP contribution in [0.15, 0.2) is 30.3 Å². The number of carbonyl (C=O) groups excluding carboxylic acids is 2. The molecular formula is C25H40N2O2. The minimum atomic E-state index is -0.0771. The Morgan fingerprint density at radius 3 is 2.59 bits per heavy atom. The van der Waals surface area contributed by atoms with E-state index in [0.717, 1.165) is 45.1 Å². The van der Waals surface area contributed by atoms with Gasteiger partial charge < -0.3 is 10.2 Å². The molecule has 1 aliphatic heterocycles. The van der Waals surface area contributed by atoms with Crippen molar-refractivity contribution in [1.29, 1.82) is 0 Å². The maximum absolute atomic E-state index is 12.7. The van der Waals surface area contributed by atoms with Crippen molar-refractivity contribution >= 4 is 11.8 Å². The summed E-state index contributed by atoms with van der Waals surface area (Å²) in [5, 5.41) is 3.16. The number of amides is 2. The van der Waals surface area contributed by atoms with Crippen LogP contribution >= 0.6 is 0 Å². The zero-order chi connectivity index (χ0) is 21.2. The zero-order valence-electron chi connectivity index (χ0n) is 18.8. The van der Waals surface area contributed by atoms with E-state index in [1.54, 1.807) is 0 Å². The SMILES string of the molecule is CC[C@H](C)CCCC(=O)N1CCC[C@H]1C[C@@H](C)C(=O)N[C@H](C)Cc1ccccc1. The molecule has 1 saturated heterocycles. The molecule has 2 rings (SSSR count). The first-order valence-corrected chi connectivity index (χ1v) is 11.5. The summed E-state index contributed by atoms with van der Waals surface area (Å²) < 4.78 is 0. The summed E-state index contributed by atoms with van der Waals surface area (Å²) in [5.74, 6) is 0.996. The number of hydrogen-bond donors (Lipinski definition) is 1. The molecule has 4 nitrogen and oxygen atoms in total. The molecule has 1 N–H and O–H groups in total. The lowest BCUT2D eigenvalue weighted by Gasteiger charge is -2.27. The van der Waals surface area contributed by atoms with E-state index in [1.165, 1.54) is 12.0 Å². The monoisotopic (exact) mass is 400 g/mol. The number of nitrogens with one attached hydrogen (secondary N) is 1. The van der Waals surface area contributed by atoms with E-state index >= 15 is 0 Å². The summed E-state index contributed by atoms with van der Waals surface area (Å²) in [7, 11) is 0. The lowest BCUT2D eigenvalue weighted by molar-refractivity contribution is -0.133. The molecule has 29 heavy (non-hydrogen) atoms. The second-order valence-corrected chi connectivity index (χ2v) is 9.02. The summed E-state index contributed by atoms with van der Waals surface area (Å²) in [6.45, 7) is 9.36. The fraction of sp³-hybridized carbons (Fsp3) is 0.680. The molecule has 2 amide bonds. The summed E-state index contributed by atoms with van der Waals surface area (Å²) in [4.78, 5) is 27.4. The molecule has 4 heteroatoms. The van der Waals surface area contributed by atoms with Crippen molar-refractivity contribution in [2.75, 3.05) is 6.54 Å². The largest absolute Gasteiger partial charge is 0.353 e. The summed E-state index contributed by atoms with van der Waals surface area (Å²) in [6, 6.07) is 10.6. The highest BCUT2D eigenvalue weighted by molar-refractivity contribution is 5.79. The van der Waals surface area contributed by atoms with Crippen molar-refractivity contribution in [2.24, 2.45) is 11.8 Å². The topological polar surface area (TPSA) is 49.4 Å². The van der Waals surface area contributed by atoms with Gasteiger partial charge in [0.1, 0.15) is 0 Å². The highest BCUT2D eigenvalue weighted by atomic mass is 16.2. The minimum absolute atomic E-state index is 0.0771. The van der Waals surface area contributed by atoms with Crippen molar-refractivity contribution in [3.05, 3.63) is 35.9 Å². The molecule has 1 heterocycles. The quantitative estimate of drug-likeness (QED) is 0.570. The van der Waals surface area contributed by atoms with E-state index in [4.69, 9.17) is 0 Å². The van der Waals surface area contributed by atoms with Crippen LogP contribution in [-0.2, 0) is 16.0 Å². The average molecular weight is 401 g/mol. The molecule has 1 aliphatic rings. The Hall–Kier alpha value is -1.84. The van der Waals surface area contributed by atoms with E-state index in [1.807, 2.05) is 30.0 Å². The van der Waals surface area contributed by atoms with Crippen LogP contribution < -0.4 is 5.32 Å². The van der Waals surface area contributed by atoms with Gasteiger partial charge in [0.25, 0.3) is 0 Å². The average Bonchev–Trinajstić information content (AvgIpc) is 3.16. The van der Waals surface area contributed by atoms with Gasteiger partial charge in [-0.2, -0.15) is 0 Å². The predicted octanol–water partition coefficient (Wildman–Crippen LogP) is 4.97. The van der Waals surface area contributed by atoms with Crippen LogP contribution in [0.1, 0.15) is 78.2 Å². The molecule has 1 aromatic rings. The van der Waals surface area contributed by atoms with Crippen molar-refractivity contribution in [3.8, 4) is 0 Å². The molecule has 1 fully saturated rings. The standard InChI is InChI=1S/C25H40N2O2/c1-5-19(2)11-9-15-24(28)27-16-10-14-23(27)17-20(3)25(29)26-21(4)18-22-12-7-6-8-13-22/h6-8,12-13,19-21,23H,5,9-11,14-18H2,1-4H3,(H,26,29)/t19-,20+,21+,23-/m0/s1. The third kappa shape index (κ3) is 7.83. The summed E-state index contributed by atoms with van der Waals surface area (Å²) >= 11 is 0. The maximum atomic E-state index is 12.7. The Kier molecular flexibility index (Phi) is 9.69. The van der Waals surface area contributed by atoms with Crippen LogP contribution in [0.4, 0.5) is 0 Å². The van der Waals surface area contributed by atoms with Crippen LogP contribution in [0.5, 0.6) is 0 Å². The van der Waals surface area contributed by atoms with Gasteiger partial charge in [0, 0.05) is 31.0 Å². The molecule has 0 aromatic heterocycles. The van der Waals surface area contributed by atoms with E-state index < -0.39 is 0 Å². The smallest absolute Gasteiger partial charge is 0.223 e. The first-order valence-electron chi connectivity index (χ1n) is 11.5. The third-order valence-electron chi connectivity index (χ3n) is 6.33. The molecule has 0 spiro atoms. The van der Waals surface area contributed by atoms with Crippen molar-refractivity contribution in [3.63, 3.8) is 0 Å². The fourth-order valence-corrected chi connectivity index (χ4v) is 4.28. The summed E-state index contributed by atoms with van der Waals surface area (Å²) in [5.41, 5.74) is 1.23. The molecule has 0 unspecified atom stereocenters. The third-order valence-corrected chi connectivity index (χ3v) is 6.33. The minimum Gasteiger partial charge on any atom is -0.353 e. The molecule has 1 aromatic carbocycles. The highest BCUT2D eigenvalue weighted by Gasteiger charge is 2.31. The van der Waals surface area contributed by atoms with Gasteiger partial charge in [-0.05, 0) is 50.5 Å². The maximum Gasteiger partial charge on any atom is 0.223 e. The number of carbonyl (C=O) groups is 2. The number of nitrogens with zero attached hydrogens (tertiary/aromatic N) is 1. The fourth-order valence-electron chi connectivity index (χ4n) is 4.28. The van der Waals surface area contributed by atoms with Gasteiger partial charge >= 0.3 is 0 Å². The van der Waals surface area contributed by atoms with Gasteiger partial charge in [0.2, 0.25) is 11.8 Å².